The highest BCUT2D eigenvalue weighted by molar-refractivity contribution is 9.10. The van der Waals surface area contributed by atoms with E-state index in [4.69, 9.17) is 0 Å². The molecule has 0 bridgehead atoms. The van der Waals surface area contributed by atoms with E-state index in [1.54, 1.807) is 0 Å². The molecule has 0 fully saturated rings. The molecule has 0 aliphatic heterocycles. The highest BCUT2D eigenvalue weighted by atomic mass is 79.9. The molecule has 0 aromatic heterocycles. The predicted molar refractivity (Wildman–Crippen MR) is 71.6 cm³/mol. The van der Waals surface area contributed by atoms with Crippen LogP contribution in [0.15, 0.2) is 22.7 Å². The van der Waals surface area contributed by atoms with E-state index in [0.29, 0.717) is 11.8 Å². The van der Waals surface area contributed by atoms with E-state index < -0.39 is 0 Å². The summed E-state index contributed by atoms with van der Waals surface area (Å²) in [5.74, 6) is 1.30. The topological polar surface area (TPSA) is 0 Å². The number of rotatable bonds is 4. The van der Waals surface area contributed by atoms with Crippen LogP contribution in [0, 0.1) is 0 Å². The van der Waals surface area contributed by atoms with Gasteiger partial charge in [-0.3, -0.25) is 0 Å². The number of benzene rings is 1. The second kappa shape index (κ2) is 5.69. The fourth-order valence-electron chi connectivity index (χ4n) is 1.71. The minimum absolute atomic E-state index is 0.644. The summed E-state index contributed by atoms with van der Waals surface area (Å²) >= 11 is 3.69. The first-order chi connectivity index (χ1) is 7.10. The van der Waals surface area contributed by atoms with Crippen molar-refractivity contribution >= 4 is 15.9 Å². The van der Waals surface area contributed by atoms with E-state index in [2.05, 4.69) is 61.8 Å². The second-order valence-electron chi connectivity index (χ2n) is 4.40. The van der Waals surface area contributed by atoms with Crippen molar-refractivity contribution < 1.29 is 0 Å². The van der Waals surface area contributed by atoms with Gasteiger partial charge >= 0.3 is 0 Å². The Balaban J connectivity index is 2.97. The third kappa shape index (κ3) is 3.07. The van der Waals surface area contributed by atoms with Crippen LogP contribution in [0.5, 0.6) is 0 Å². The Labute approximate surface area is 102 Å². The molecule has 0 aliphatic carbocycles. The van der Waals surface area contributed by atoms with E-state index in [9.17, 15) is 0 Å². The largest absolute Gasteiger partial charge is 0.0648 e. The lowest BCUT2D eigenvalue weighted by Crippen LogP contribution is -1.96. The van der Waals surface area contributed by atoms with Crippen molar-refractivity contribution in [2.45, 2.75) is 52.4 Å². The summed E-state index contributed by atoms with van der Waals surface area (Å²) < 4.78 is 1.27. The van der Waals surface area contributed by atoms with Crippen LogP contribution >= 0.6 is 15.9 Å². The van der Waals surface area contributed by atoms with E-state index in [1.165, 1.54) is 28.4 Å². The standard InChI is InChI=1S/C14H21Br/c1-5-10(3)12-7-8-13(11(4)6-2)14(15)9-12/h7-11H,5-6H2,1-4H3. The minimum atomic E-state index is 0.644. The first-order valence-corrected chi connectivity index (χ1v) is 6.68. The second-order valence-corrected chi connectivity index (χ2v) is 5.25. The van der Waals surface area contributed by atoms with Gasteiger partial charge in [-0.05, 0) is 41.9 Å². The average Bonchev–Trinajstić information content (AvgIpc) is 2.26. The van der Waals surface area contributed by atoms with Crippen LogP contribution in [0.4, 0.5) is 0 Å². The van der Waals surface area contributed by atoms with Gasteiger partial charge in [0.15, 0.2) is 0 Å². The van der Waals surface area contributed by atoms with Crippen molar-refractivity contribution in [1.82, 2.24) is 0 Å². The molecule has 0 saturated heterocycles. The molecule has 0 heterocycles. The SMILES string of the molecule is CCC(C)c1ccc(C(C)CC)c(Br)c1. The first-order valence-electron chi connectivity index (χ1n) is 5.89. The maximum absolute atomic E-state index is 3.69. The van der Waals surface area contributed by atoms with Crippen LogP contribution in [0.25, 0.3) is 0 Å². The molecule has 0 spiro atoms. The van der Waals surface area contributed by atoms with Crippen molar-refractivity contribution in [2.75, 3.05) is 0 Å². The molecule has 0 radical (unpaired) electrons. The molecule has 0 aliphatic rings. The van der Waals surface area contributed by atoms with Crippen LogP contribution in [0.1, 0.15) is 63.5 Å². The number of hydrogen-bond acceptors (Lipinski definition) is 0. The van der Waals surface area contributed by atoms with Crippen molar-refractivity contribution in [3.63, 3.8) is 0 Å². The third-order valence-corrected chi connectivity index (χ3v) is 4.04. The van der Waals surface area contributed by atoms with E-state index in [1.807, 2.05) is 0 Å². The monoisotopic (exact) mass is 268 g/mol. The molecule has 0 nitrogen and oxygen atoms in total. The fourth-order valence-corrected chi connectivity index (χ4v) is 2.49. The molecule has 0 saturated carbocycles. The molecule has 1 aromatic carbocycles. The molecule has 1 rings (SSSR count). The van der Waals surface area contributed by atoms with Crippen LogP contribution in [0.3, 0.4) is 0 Å². The smallest absolute Gasteiger partial charge is 0.0212 e. The Morgan fingerprint density at radius 3 is 2.13 bits per heavy atom. The van der Waals surface area contributed by atoms with Crippen molar-refractivity contribution in [2.24, 2.45) is 0 Å². The number of hydrogen-bond donors (Lipinski definition) is 0. The molecule has 0 N–H and O–H groups in total. The van der Waals surface area contributed by atoms with E-state index >= 15 is 0 Å². The summed E-state index contributed by atoms with van der Waals surface area (Å²) in [5.41, 5.74) is 2.88. The molecule has 1 heteroatoms. The molecule has 0 amide bonds. The van der Waals surface area contributed by atoms with Gasteiger partial charge in [-0.1, -0.05) is 55.8 Å². The normalized spacial score (nSPS) is 15.0. The van der Waals surface area contributed by atoms with Gasteiger partial charge in [-0.15, -0.1) is 0 Å². The van der Waals surface area contributed by atoms with Crippen molar-refractivity contribution in [3.8, 4) is 0 Å². The fraction of sp³-hybridized carbons (Fsp3) is 0.571. The van der Waals surface area contributed by atoms with Crippen LogP contribution in [-0.2, 0) is 0 Å². The number of halogens is 1. The van der Waals surface area contributed by atoms with Crippen molar-refractivity contribution in [1.29, 1.82) is 0 Å². The zero-order valence-corrected chi connectivity index (χ0v) is 11.8. The third-order valence-electron chi connectivity index (χ3n) is 3.35. The highest BCUT2D eigenvalue weighted by Gasteiger charge is 2.10. The zero-order chi connectivity index (χ0) is 11.4. The minimum Gasteiger partial charge on any atom is -0.0648 e. The Morgan fingerprint density at radius 1 is 1.07 bits per heavy atom. The summed E-state index contributed by atoms with van der Waals surface area (Å²) in [6, 6.07) is 6.84. The lowest BCUT2D eigenvalue weighted by atomic mass is 9.93. The highest BCUT2D eigenvalue weighted by Crippen LogP contribution is 2.30. The Morgan fingerprint density at radius 2 is 1.67 bits per heavy atom. The summed E-state index contributed by atoms with van der Waals surface area (Å²) in [6.45, 7) is 9.04. The molecular weight excluding hydrogens is 248 g/mol. The quantitative estimate of drug-likeness (QED) is 0.679. The van der Waals surface area contributed by atoms with Gasteiger partial charge in [0.05, 0.1) is 0 Å². The van der Waals surface area contributed by atoms with Gasteiger partial charge in [-0.2, -0.15) is 0 Å². The van der Waals surface area contributed by atoms with E-state index in [-0.39, 0.29) is 0 Å². The molecule has 15 heavy (non-hydrogen) atoms. The Bertz CT molecular complexity index is 317. The van der Waals surface area contributed by atoms with Gasteiger partial charge in [0, 0.05) is 4.47 Å². The lowest BCUT2D eigenvalue weighted by molar-refractivity contribution is 0.716. The summed E-state index contributed by atoms with van der Waals surface area (Å²) in [4.78, 5) is 0. The summed E-state index contributed by atoms with van der Waals surface area (Å²) in [6.07, 6.45) is 2.40. The molecule has 84 valence electrons. The molecule has 1 aromatic rings. The molecule has 2 atom stereocenters. The van der Waals surface area contributed by atoms with Gasteiger partial charge in [-0.25, -0.2) is 0 Å². The summed E-state index contributed by atoms with van der Waals surface area (Å²) in [5, 5.41) is 0. The maximum atomic E-state index is 3.69. The first kappa shape index (κ1) is 12.8. The zero-order valence-electron chi connectivity index (χ0n) is 10.2. The van der Waals surface area contributed by atoms with Crippen molar-refractivity contribution in [3.05, 3.63) is 33.8 Å². The van der Waals surface area contributed by atoms with Gasteiger partial charge in [0.25, 0.3) is 0 Å². The van der Waals surface area contributed by atoms with Gasteiger partial charge in [0.1, 0.15) is 0 Å². The molecule has 2 unspecified atom stereocenters. The molecular formula is C14H21Br. The summed E-state index contributed by atoms with van der Waals surface area (Å²) in [7, 11) is 0. The Hall–Kier alpha value is -0.300. The van der Waals surface area contributed by atoms with E-state index in [0.717, 1.165) is 0 Å². The van der Waals surface area contributed by atoms with Crippen LogP contribution < -0.4 is 0 Å². The average molecular weight is 269 g/mol. The van der Waals surface area contributed by atoms with Gasteiger partial charge < -0.3 is 0 Å². The predicted octanol–water partition coefficient (Wildman–Crippen LogP) is 5.48. The van der Waals surface area contributed by atoms with Gasteiger partial charge in [0.2, 0.25) is 0 Å². The maximum Gasteiger partial charge on any atom is 0.0212 e. The Kier molecular flexibility index (Phi) is 4.85. The lowest BCUT2D eigenvalue weighted by Gasteiger charge is -2.15. The van der Waals surface area contributed by atoms with Crippen LogP contribution in [0.2, 0.25) is 0 Å². The van der Waals surface area contributed by atoms with Crippen LogP contribution in [-0.4, -0.2) is 0 Å².